The largest absolute Gasteiger partial charge is 0.382 e. The molecule has 0 spiro atoms. The second-order valence-corrected chi connectivity index (χ2v) is 9.00. The third kappa shape index (κ3) is 5.20. The second kappa shape index (κ2) is 7.05. The first-order valence-electron chi connectivity index (χ1n) is 7.45. The summed E-state index contributed by atoms with van der Waals surface area (Å²) in [6.07, 6.45) is 0.929. The van der Waals surface area contributed by atoms with Crippen LogP contribution in [0.15, 0.2) is 36.4 Å². The Morgan fingerprint density at radius 2 is 1.36 bits per heavy atom. The lowest BCUT2D eigenvalue weighted by Gasteiger charge is -2.17. The second-order valence-electron chi connectivity index (χ2n) is 5.85. The molecule has 0 radical (unpaired) electrons. The Morgan fingerprint density at radius 1 is 0.840 bits per heavy atom. The standard InChI is InChI=1S/C17H20O6S2/c1-12-10-13(2)17(14(3)16(12)22-24(4,18)19)23-25(20,21)11-15-8-6-5-7-9-15/h5-10H,11H2,1-4H3. The van der Waals surface area contributed by atoms with Gasteiger partial charge in [-0.15, -0.1) is 0 Å². The molecule has 0 N–H and O–H groups in total. The van der Waals surface area contributed by atoms with E-state index in [-0.39, 0.29) is 17.3 Å². The van der Waals surface area contributed by atoms with Crippen LogP contribution in [0.3, 0.4) is 0 Å². The third-order valence-corrected chi connectivity index (χ3v) is 5.04. The smallest absolute Gasteiger partial charge is 0.313 e. The maximum absolute atomic E-state index is 12.4. The van der Waals surface area contributed by atoms with E-state index in [1.165, 1.54) is 0 Å². The van der Waals surface area contributed by atoms with Crippen LogP contribution < -0.4 is 8.37 Å². The van der Waals surface area contributed by atoms with Gasteiger partial charge in [-0.05, 0) is 43.5 Å². The van der Waals surface area contributed by atoms with E-state index in [1.807, 2.05) is 0 Å². The van der Waals surface area contributed by atoms with E-state index >= 15 is 0 Å². The molecule has 8 heteroatoms. The SMILES string of the molecule is Cc1cc(C)c(OS(=O)(=O)Cc2ccccc2)c(C)c1OS(C)(=O)=O. The summed E-state index contributed by atoms with van der Waals surface area (Å²) in [5, 5.41) is 0. The molecule has 6 nitrogen and oxygen atoms in total. The first-order valence-corrected chi connectivity index (χ1v) is 10.8. The van der Waals surface area contributed by atoms with Crippen molar-refractivity contribution >= 4 is 20.2 Å². The molecular formula is C17H20O6S2. The number of hydrogen-bond acceptors (Lipinski definition) is 6. The fraction of sp³-hybridized carbons (Fsp3) is 0.294. The Balaban J connectivity index is 2.40. The van der Waals surface area contributed by atoms with Gasteiger partial charge in [0.15, 0.2) is 11.5 Å². The minimum atomic E-state index is -3.91. The topological polar surface area (TPSA) is 86.7 Å². The van der Waals surface area contributed by atoms with Gasteiger partial charge in [0, 0.05) is 5.56 Å². The molecule has 136 valence electrons. The lowest BCUT2D eigenvalue weighted by molar-refractivity contribution is 0.471. The molecule has 2 aromatic carbocycles. The van der Waals surface area contributed by atoms with Crippen LogP contribution >= 0.6 is 0 Å². The number of benzene rings is 2. The molecular weight excluding hydrogens is 364 g/mol. The summed E-state index contributed by atoms with van der Waals surface area (Å²) in [7, 11) is -7.66. The molecule has 2 aromatic rings. The van der Waals surface area contributed by atoms with E-state index in [2.05, 4.69) is 0 Å². The van der Waals surface area contributed by atoms with Crippen LogP contribution in [0.2, 0.25) is 0 Å². The monoisotopic (exact) mass is 384 g/mol. The highest BCUT2D eigenvalue weighted by molar-refractivity contribution is 7.86. The van der Waals surface area contributed by atoms with E-state index in [0.29, 0.717) is 22.3 Å². The van der Waals surface area contributed by atoms with Gasteiger partial charge in [0.05, 0.1) is 6.26 Å². The summed E-state index contributed by atoms with van der Waals surface area (Å²) in [4.78, 5) is 0. The van der Waals surface area contributed by atoms with Crippen molar-refractivity contribution < 1.29 is 25.2 Å². The normalized spacial score (nSPS) is 12.0. The molecule has 0 unspecified atom stereocenters. The van der Waals surface area contributed by atoms with E-state index in [0.717, 1.165) is 6.26 Å². The summed E-state index contributed by atoms with van der Waals surface area (Å²) in [5.74, 6) is -0.124. The lowest BCUT2D eigenvalue weighted by atomic mass is 10.1. The first kappa shape index (κ1) is 19.3. The fourth-order valence-electron chi connectivity index (χ4n) is 2.49. The zero-order valence-electron chi connectivity index (χ0n) is 14.4. The van der Waals surface area contributed by atoms with Crippen LogP contribution in [0.5, 0.6) is 11.5 Å². The van der Waals surface area contributed by atoms with Crippen LogP contribution in [0.1, 0.15) is 22.3 Å². The average molecular weight is 384 g/mol. The van der Waals surface area contributed by atoms with Crippen molar-refractivity contribution in [3.63, 3.8) is 0 Å². The first-order chi connectivity index (χ1) is 11.5. The predicted octanol–water partition coefficient (Wildman–Crippen LogP) is 2.86. The van der Waals surface area contributed by atoms with Gasteiger partial charge in [0.1, 0.15) is 5.75 Å². The van der Waals surface area contributed by atoms with E-state index in [9.17, 15) is 16.8 Å². The molecule has 0 saturated heterocycles. The maximum Gasteiger partial charge on any atom is 0.313 e. The summed E-state index contributed by atoms with van der Waals surface area (Å²) in [5.41, 5.74) is 2.07. The quantitative estimate of drug-likeness (QED) is 0.712. The minimum Gasteiger partial charge on any atom is -0.382 e. The van der Waals surface area contributed by atoms with E-state index in [4.69, 9.17) is 8.37 Å². The van der Waals surface area contributed by atoms with Gasteiger partial charge >= 0.3 is 20.2 Å². The van der Waals surface area contributed by atoms with Crippen molar-refractivity contribution in [3.8, 4) is 11.5 Å². The fourth-order valence-corrected chi connectivity index (χ4v) is 4.22. The Morgan fingerprint density at radius 3 is 1.88 bits per heavy atom. The highest BCUT2D eigenvalue weighted by Crippen LogP contribution is 2.36. The Kier molecular flexibility index (Phi) is 5.43. The number of aryl methyl sites for hydroxylation is 2. The average Bonchev–Trinajstić information content (AvgIpc) is 2.48. The number of rotatable bonds is 6. The Labute approximate surface area is 148 Å². The van der Waals surface area contributed by atoms with E-state index in [1.54, 1.807) is 57.2 Å². The molecule has 0 fully saturated rings. The van der Waals surface area contributed by atoms with Gasteiger partial charge < -0.3 is 8.37 Å². The van der Waals surface area contributed by atoms with Crippen molar-refractivity contribution in [1.82, 2.24) is 0 Å². The van der Waals surface area contributed by atoms with Crippen molar-refractivity contribution in [1.29, 1.82) is 0 Å². The zero-order valence-corrected chi connectivity index (χ0v) is 16.1. The molecule has 0 aliphatic rings. The Hall–Kier alpha value is -2.06. The Bertz CT molecular complexity index is 978. The lowest BCUT2D eigenvalue weighted by Crippen LogP contribution is -2.15. The number of hydrogen-bond donors (Lipinski definition) is 0. The molecule has 0 aliphatic heterocycles. The third-order valence-electron chi connectivity index (χ3n) is 3.46. The molecule has 25 heavy (non-hydrogen) atoms. The molecule has 0 heterocycles. The van der Waals surface area contributed by atoms with Gasteiger partial charge in [0.25, 0.3) is 0 Å². The highest BCUT2D eigenvalue weighted by Gasteiger charge is 2.22. The highest BCUT2D eigenvalue weighted by atomic mass is 32.2. The van der Waals surface area contributed by atoms with Crippen LogP contribution in [-0.2, 0) is 26.0 Å². The van der Waals surface area contributed by atoms with Crippen LogP contribution in [0.25, 0.3) is 0 Å². The molecule has 0 amide bonds. The van der Waals surface area contributed by atoms with Gasteiger partial charge in [-0.1, -0.05) is 30.3 Å². The van der Waals surface area contributed by atoms with Crippen LogP contribution in [-0.4, -0.2) is 23.1 Å². The minimum absolute atomic E-state index is 0.0815. The summed E-state index contributed by atoms with van der Waals surface area (Å²) in [6, 6.07) is 10.3. The van der Waals surface area contributed by atoms with Gasteiger partial charge in [-0.2, -0.15) is 16.8 Å². The van der Waals surface area contributed by atoms with Gasteiger partial charge in [-0.3, -0.25) is 0 Å². The summed E-state index contributed by atoms with van der Waals surface area (Å²) in [6.45, 7) is 4.94. The molecule has 0 aliphatic carbocycles. The maximum atomic E-state index is 12.4. The predicted molar refractivity (Wildman–Crippen MR) is 95.8 cm³/mol. The van der Waals surface area contributed by atoms with Gasteiger partial charge in [-0.25, -0.2) is 0 Å². The van der Waals surface area contributed by atoms with Crippen LogP contribution in [0.4, 0.5) is 0 Å². The summed E-state index contributed by atoms with van der Waals surface area (Å²) < 4.78 is 57.9. The van der Waals surface area contributed by atoms with Crippen molar-refractivity contribution in [3.05, 3.63) is 58.7 Å². The van der Waals surface area contributed by atoms with E-state index < -0.39 is 20.2 Å². The van der Waals surface area contributed by atoms with Crippen LogP contribution in [0, 0.1) is 20.8 Å². The van der Waals surface area contributed by atoms with Gasteiger partial charge in [0.2, 0.25) is 0 Å². The molecule has 0 aromatic heterocycles. The van der Waals surface area contributed by atoms with Crippen molar-refractivity contribution in [2.45, 2.75) is 26.5 Å². The zero-order chi connectivity index (χ0) is 18.8. The molecule has 0 saturated carbocycles. The van der Waals surface area contributed by atoms with Crippen molar-refractivity contribution in [2.24, 2.45) is 0 Å². The molecule has 2 rings (SSSR count). The van der Waals surface area contributed by atoms with Crippen molar-refractivity contribution in [2.75, 3.05) is 6.26 Å². The molecule has 0 bridgehead atoms. The summed E-state index contributed by atoms with van der Waals surface area (Å²) >= 11 is 0. The molecule has 0 atom stereocenters.